The highest BCUT2D eigenvalue weighted by Crippen LogP contribution is 2.37. The number of rotatable bonds is 12. The first-order chi connectivity index (χ1) is 16.1. The maximum Gasteiger partial charge on any atom is 0.306 e. The first-order valence-corrected chi connectivity index (χ1v) is 13.9. The van der Waals surface area contributed by atoms with E-state index < -0.39 is 0 Å². The molecule has 3 rings (SSSR count). The van der Waals surface area contributed by atoms with Crippen LogP contribution in [-0.4, -0.2) is 18.4 Å². The minimum Gasteiger partial charge on any atom is -0.457 e. The van der Waals surface area contributed by atoms with Crippen LogP contribution < -0.4 is 0 Å². The fourth-order valence-electron chi connectivity index (χ4n) is 6.06. The summed E-state index contributed by atoms with van der Waals surface area (Å²) in [6, 6.07) is 8.05. The quantitative estimate of drug-likeness (QED) is 0.236. The Bertz CT molecular complexity index is 707. The monoisotopic (exact) mass is 454 g/mol. The van der Waals surface area contributed by atoms with Gasteiger partial charge in [-0.2, -0.15) is 0 Å². The van der Waals surface area contributed by atoms with Crippen LogP contribution in [-0.2, 0) is 9.53 Å². The number of esters is 1. The summed E-state index contributed by atoms with van der Waals surface area (Å²) in [6.45, 7) is 4.40. The molecule has 0 amide bonds. The Kier molecular flexibility index (Phi) is 11.0. The van der Waals surface area contributed by atoms with Crippen LogP contribution >= 0.6 is 0 Å². The van der Waals surface area contributed by atoms with E-state index >= 15 is 0 Å². The van der Waals surface area contributed by atoms with E-state index in [4.69, 9.17) is 4.74 Å². The zero-order chi connectivity index (χ0) is 23.5. The third kappa shape index (κ3) is 8.58. The second kappa shape index (κ2) is 13.9. The fraction of sp³-hybridized carbons (Fsp3) is 0.733. The highest BCUT2D eigenvalue weighted by molar-refractivity contribution is 5.97. The predicted octanol–water partition coefficient (Wildman–Crippen LogP) is 8.26. The van der Waals surface area contributed by atoms with Gasteiger partial charge >= 0.3 is 5.97 Å². The Hall–Kier alpha value is -1.64. The molecule has 0 aromatic heterocycles. The normalized spacial score (nSPS) is 25.5. The summed E-state index contributed by atoms with van der Waals surface area (Å²) in [7, 11) is 0. The molecule has 184 valence electrons. The molecule has 0 heterocycles. The Morgan fingerprint density at radius 2 is 1.33 bits per heavy atom. The van der Waals surface area contributed by atoms with E-state index in [1.165, 1.54) is 89.0 Å². The van der Waals surface area contributed by atoms with Gasteiger partial charge in [-0.3, -0.25) is 9.59 Å². The van der Waals surface area contributed by atoms with Crippen LogP contribution in [0.15, 0.2) is 24.3 Å². The standard InChI is InChI=1S/C30H46O3/c1-3-5-7-24-8-10-25(11-9-24)14-21-30(32)33-22-29(31)28-19-17-27(18-20-28)26-15-12-23(6-4-2)13-16-26/h17-20,23-26H,3-16,21-22H2,1-2H3. The van der Waals surface area contributed by atoms with Crippen molar-refractivity contribution in [1.82, 2.24) is 0 Å². The summed E-state index contributed by atoms with van der Waals surface area (Å²) in [5.41, 5.74) is 2.00. The summed E-state index contributed by atoms with van der Waals surface area (Å²) in [6.07, 6.45) is 18.3. The van der Waals surface area contributed by atoms with Gasteiger partial charge in [0.2, 0.25) is 0 Å². The van der Waals surface area contributed by atoms with Gasteiger partial charge in [0.15, 0.2) is 12.4 Å². The lowest BCUT2D eigenvalue weighted by atomic mass is 9.77. The molecule has 2 aliphatic carbocycles. The molecule has 1 aromatic rings. The molecule has 0 aliphatic heterocycles. The van der Waals surface area contributed by atoms with Crippen molar-refractivity contribution < 1.29 is 14.3 Å². The highest BCUT2D eigenvalue weighted by Gasteiger charge is 2.23. The van der Waals surface area contributed by atoms with Gasteiger partial charge in [0.1, 0.15) is 0 Å². The Balaban J connectivity index is 1.33. The van der Waals surface area contributed by atoms with E-state index in [-0.39, 0.29) is 18.4 Å². The van der Waals surface area contributed by atoms with E-state index in [1.807, 2.05) is 12.1 Å². The first kappa shape index (κ1) is 26.0. The van der Waals surface area contributed by atoms with Crippen LogP contribution in [0, 0.1) is 17.8 Å². The molecule has 0 spiro atoms. The van der Waals surface area contributed by atoms with Crippen LogP contribution in [0.1, 0.15) is 132 Å². The zero-order valence-corrected chi connectivity index (χ0v) is 21.2. The van der Waals surface area contributed by atoms with Crippen molar-refractivity contribution in [2.45, 2.75) is 116 Å². The Labute approximate surface area is 202 Å². The van der Waals surface area contributed by atoms with Crippen LogP contribution in [0.3, 0.4) is 0 Å². The number of hydrogen-bond acceptors (Lipinski definition) is 3. The number of benzene rings is 1. The van der Waals surface area contributed by atoms with Crippen molar-refractivity contribution in [2.75, 3.05) is 6.61 Å². The molecule has 3 heteroatoms. The van der Waals surface area contributed by atoms with Crippen molar-refractivity contribution in [3.8, 4) is 0 Å². The lowest BCUT2D eigenvalue weighted by Gasteiger charge is -2.28. The van der Waals surface area contributed by atoms with Gasteiger partial charge in [-0.05, 0) is 61.3 Å². The van der Waals surface area contributed by atoms with E-state index in [0.29, 0.717) is 23.8 Å². The zero-order valence-electron chi connectivity index (χ0n) is 21.2. The Morgan fingerprint density at radius 3 is 1.94 bits per heavy atom. The average Bonchev–Trinajstić information content (AvgIpc) is 2.86. The van der Waals surface area contributed by atoms with Gasteiger partial charge in [0.05, 0.1) is 0 Å². The number of carbonyl (C=O) groups excluding carboxylic acids is 2. The highest BCUT2D eigenvalue weighted by atomic mass is 16.5. The van der Waals surface area contributed by atoms with E-state index in [1.54, 1.807) is 0 Å². The molecule has 0 atom stereocenters. The van der Waals surface area contributed by atoms with Crippen LogP contribution in [0.5, 0.6) is 0 Å². The predicted molar refractivity (Wildman–Crippen MR) is 136 cm³/mol. The minimum absolute atomic E-state index is 0.0991. The second-order valence-corrected chi connectivity index (χ2v) is 10.8. The molecule has 0 bridgehead atoms. The smallest absolute Gasteiger partial charge is 0.306 e. The molecule has 2 fully saturated rings. The maximum atomic E-state index is 12.5. The number of Topliss-reactive ketones (excluding diaryl/α,β-unsaturated/α-hetero) is 1. The molecular weight excluding hydrogens is 408 g/mol. The van der Waals surface area contributed by atoms with Gasteiger partial charge in [-0.15, -0.1) is 0 Å². The first-order valence-electron chi connectivity index (χ1n) is 13.9. The lowest BCUT2D eigenvalue weighted by Crippen LogP contribution is -2.18. The summed E-state index contributed by atoms with van der Waals surface area (Å²) < 4.78 is 5.32. The third-order valence-electron chi connectivity index (χ3n) is 8.30. The van der Waals surface area contributed by atoms with Crippen LogP contribution in [0.25, 0.3) is 0 Å². The van der Waals surface area contributed by atoms with Crippen molar-refractivity contribution in [3.05, 3.63) is 35.4 Å². The van der Waals surface area contributed by atoms with Gasteiger partial charge in [-0.25, -0.2) is 0 Å². The van der Waals surface area contributed by atoms with Gasteiger partial charge in [0, 0.05) is 12.0 Å². The number of ketones is 1. The summed E-state index contributed by atoms with van der Waals surface area (Å²) in [4.78, 5) is 24.7. The topological polar surface area (TPSA) is 43.4 Å². The molecule has 1 aromatic carbocycles. The van der Waals surface area contributed by atoms with Crippen molar-refractivity contribution in [1.29, 1.82) is 0 Å². The minimum atomic E-state index is -0.225. The molecule has 0 N–H and O–H groups in total. The molecule has 2 aliphatic rings. The number of hydrogen-bond donors (Lipinski definition) is 0. The molecule has 0 unspecified atom stereocenters. The van der Waals surface area contributed by atoms with Crippen molar-refractivity contribution >= 4 is 11.8 Å². The molecular formula is C30H46O3. The van der Waals surface area contributed by atoms with E-state index in [0.717, 1.165) is 18.3 Å². The number of carbonyl (C=O) groups is 2. The van der Waals surface area contributed by atoms with Gasteiger partial charge in [0.25, 0.3) is 0 Å². The maximum absolute atomic E-state index is 12.5. The van der Waals surface area contributed by atoms with Gasteiger partial charge in [-0.1, -0.05) is 95.9 Å². The molecule has 0 radical (unpaired) electrons. The summed E-state index contributed by atoms with van der Waals surface area (Å²) in [5.74, 6) is 2.75. The van der Waals surface area contributed by atoms with E-state index in [9.17, 15) is 9.59 Å². The van der Waals surface area contributed by atoms with Crippen LogP contribution in [0.4, 0.5) is 0 Å². The molecule has 33 heavy (non-hydrogen) atoms. The van der Waals surface area contributed by atoms with Crippen molar-refractivity contribution in [2.24, 2.45) is 17.8 Å². The van der Waals surface area contributed by atoms with E-state index in [2.05, 4.69) is 26.0 Å². The summed E-state index contributed by atoms with van der Waals surface area (Å²) in [5, 5.41) is 0. The number of ether oxygens (including phenoxy) is 1. The molecule has 3 nitrogen and oxygen atoms in total. The third-order valence-corrected chi connectivity index (χ3v) is 8.30. The van der Waals surface area contributed by atoms with Gasteiger partial charge < -0.3 is 4.74 Å². The number of unbranched alkanes of at least 4 members (excludes halogenated alkanes) is 1. The SMILES string of the molecule is CCCCC1CCC(CCC(=O)OCC(=O)c2ccc(C3CCC(CCC)CC3)cc2)CC1. The largest absolute Gasteiger partial charge is 0.457 e. The Morgan fingerprint density at radius 1 is 0.758 bits per heavy atom. The second-order valence-electron chi connectivity index (χ2n) is 10.8. The average molecular weight is 455 g/mol. The lowest BCUT2D eigenvalue weighted by molar-refractivity contribution is -0.142. The molecule has 2 saturated carbocycles. The molecule has 0 saturated heterocycles. The fourth-order valence-corrected chi connectivity index (χ4v) is 6.06. The van der Waals surface area contributed by atoms with Crippen molar-refractivity contribution in [3.63, 3.8) is 0 Å². The summed E-state index contributed by atoms with van der Waals surface area (Å²) >= 11 is 0. The van der Waals surface area contributed by atoms with Crippen LogP contribution in [0.2, 0.25) is 0 Å².